The number of nitrogens with one attached hydrogen (secondary N) is 1. The first kappa shape index (κ1) is 48.1. The lowest BCUT2D eigenvalue weighted by molar-refractivity contribution is -0.118. The van der Waals surface area contributed by atoms with Crippen molar-refractivity contribution in [1.82, 2.24) is 0 Å². The van der Waals surface area contributed by atoms with Crippen LogP contribution >= 0.6 is 37.2 Å². The molecule has 0 aliphatic rings. The van der Waals surface area contributed by atoms with Crippen LogP contribution in [-0.2, 0) is 46.2 Å². The van der Waals surface area contributed by atoms with Gasteiger partial charge in [-0.05, 0) is 80.1 Å². The average molecular weight is 768 g/mol. The Morgan fingerprint density at radius 2 is 1.02 bits per heavy atom. The third-order valence-corrected chi connectivity index (χ3v) is 10.9. The third-order valence-electron chi connectivity index (χ3n) is 5.88. The van der Waals surface area contributed by atoms with E-state index < -0.39 is 26.8 Å². The summed E-state index contributed by atoms with van der Waals surface area (Å²) < 4.78 is 59.7. The largest absolute Gasteiger partial charge is 0.472 e. The third kappa shape index (κ3) is 35.9. The highest BCUT2D eigenvalue weighted by molar-refractivity contribution is 8.76. The smallest absolute Gasteiger partial charge is 0.379 e. The van der Waals surface area contributed by atoms with Crippen molar-refractivity contribution in [2.45, 2.75) is 123 Å². The number of phosphoric acid groups is 2. The standard InChI is InChI=1S/C31H63NO12P2S2/c1-30(2,3)43-45(34,35)41-19-11-9-7-8-10-16-29(33)17-27-48-47-26-13-15-28(32)14-12-18-38-20-21-39-22-23-40-24-25-42-46(36,37)44-31(4,5)6/h32H,7-27H2,1-6H3,(H,34,35)(H,36,37). The lowest BCUT2D eigenvalue weighted by atomic mass is 10.1. The summed E-state index contributed by atoms with van der Waals surface area (Å²) in [7, 11) is -4.62. The van der Waals surface area contributed by atoms with Gasteiger partial charge in [0.1, 0.15) is 5.78 Å². The molecule has 0 fully saturated rings. The molecule has 0 aromatic heterocycles. The average Bonchev–Trinajstić information content (AvgIpc) is 2.93. The molecule has 0 aromatic carbocycles. The fraction of sp³-hybridized carbons (Fsp3) is 0.935. The minimum Gasteiger partial charge on any atom is -0.379 e. The SMILES string of the molecule is CC(C)(C)OP(=O)(O)OCCCCCCCC(=O)CCSSCCCC(=N)CCCOCCOCCOCCOP(=O)(O)OC(C)(C)C. The van der Waals surface area contributed by atoms with Gasteiger partial charge in [-0.15, -0.1) is 0 Å². The molecule has 0 spiro atoms. The van der Waals surface area contributed by atoms with Gasteiger partial charge in [0.15, 0.2) is 0 Å². The summed E-state index contributed by atoms with van der Waals surface area (Å²) in [5.74, 6) is 2.05. The van der Waals surface area contributed by atoms with Crippen LogP contribution in [0, 0.1) is 5.41 Å². The molecule has 0 saturated carbocycles. The molecule has 13 nitrogen and oxygen atoms in total. The van der Waals surface area contributed by atoms with Gasteiger partial charge in [0, 0.05) is 36.7 Å². The van der Waals surface area contributed by atoms with Crippen molar-refractivity contribution < 1.29 is 56.0 Å². The van der Waals surface area contributed by atoms with Crippen molar-refractivity contribution in [3.63, 3.8) is 0 Å². The van der Waals surface area contributed by atoms with E-state index in [9.17, 15) is 23.7 Å². The minimum absolute atomic E-state index is 0.0550. The van der Waals surface area contributed by atoms with Crippen LogP contribution in [0.1, 0.15) is 112 Å². The summed E-state index contributed by atoms with van der Waals surface area (Å²) in [6.45, 7) is 12.6. The van der Waals surface area contributed by atoms with E-state index in [1.165, 1.54) is 0 Å². The van der Waals surface area contributed by atoms with Crippen molar-refractivity contribution in [2.75, 3.05) is 64.4 Å². The molecule has 48 heavy (non-hydrogen) atoms. The van der Waals surface area contributed by atoms with E-state index in [1.54, 1.807) is 63.1 Å². The van der Waals surface area contributed by atoms with Gasteiger partial charge in [0.25, 0.3) is 0 Å². The lowest BCUT2D eigenvalue weighted by Crippen LogP contribution is -2.19. The molecule has 0 bridgehead atoms. The number of phosphoric ester groups is 2. The summed E-state index contributed by atoms with van der Waals surface area (Å²) in [5, 5.41) is 8.12. The maximum absolute atomic E-state index is 12.1. The van der Waals surface area contributed by atoms with Crippen LogP contribution < -0.4 is 0 Å². The Hall–Kier alpha value is 0.140. The van der Waals surface area contributed by atoms with Crippen LogP contribution in [-0.4, -0.2) is 96.8 Å². The second kappa shape index (κ2) is 27.7. The van der Waals surface area contributed by atoms with E-state index >= 15 is 0 Å². The molecule has 286 valence electrons. The molecule has 0 radical (unpaired) electrons. The van der Waals surface area contributed by atoms with Crippen LogP contribution in [0.4, 0.5) is 0 Å². The molecule has 0 heterocycles. The molecule has 0 saturated heterocycles. The lowest BCUT2D eigenvalue weighted by Gasteiger charge is -2.22. The number of ether oxygens (including phenoxy) is 3. The number of unbranched alkanes of at least 4 members (excludes halogenated alkanes) is 4. The molecule has 0 aliphatic heterocycles. The van der Waals surface area contributed by atoms with Gasteiger partial charge in [0.2, 0.25) is 0 Å². The van der Waals surface area contributed by atoms with E-state index in [-0.39, 0.29) is 19.8 Å². The number of hydrogen-bond acceptors (Lipinski definition) is 13. The first-order valence-corrected chi connectivity index (χ1v) is 22.3. The highest BCUT2D eigenvalue weighted by Gasteiger charge is 2.29. The van der Waals surface area contributed by atoms with E-state index in [2.05, 4.69) is 0 Å². The van der Waals surface area contributed by atoms with Gasteiger partial charge in [-0.1, -0.05) is 40.9 Å². The van der Waals surface area contributed by atoms with Gasteiger partial charge in [0.05, 0.1) is 57.5 Å². The molecule has 2 unspecified atom stereocenters. The Morgan fingerprint density at radius 1 is 0.562 bits per heavy atom. The molecule has 2 atom stereocenters. The van der Waals surface area contributed by atoms with E-state index in [4.69, 9.17) is 37.7 Å². The first-order valence-electron chi connectivity index (χ1n) is 16.8. The van der Waals surface area contributed by atoms with Gasteiger partial charge in [-0.25, -0.2) is 9.13 Å². The highest BCUT2D eigenvalue weighted by Crippen LogP contribution is 2.47. The van der Waals surface area contributed by atoms with Gasteiger partial charge < -0.3 is 29.4 Å². The summed E-state index contributed by atoms with van der Waals surface area (Å²) in [6, 6.07) is 0. The summed E-state index contributed by atoms with van der Waals surface area (Å²) in [4.78, 5) is 31.3. The molecular weight excluding hydrogens is 704 g/mol. The van der Waals surface area contributed by atoms with Crippen LogP contribution in [0.15, 0.2) is 0 Å². The molecule has 0 aliphatic carbocycles. The maximum Gasteiger partial charge on any atom is 0.472 e. The first-order chi connectivity index (χ1) is 22.4. The number of carbonyl (C=O) groups excluding carboxylic acids is 1. The Kier molecular flexibility index (Phi) is 27.8. The van der Waals surface area contributed by atoms with E-state index in [1.807, 2.05) is 0 Å². The number of rotatable bonds is 33. The summed E-state index contributed by atoms with van der Waals surface area (Å²) in [5.41, 5.74) is -0.787. The van der Waals surface area contributed by atoms with Crippen molar-refractivity contribution in [1.29, 1.82) is 5.41 Å². The zero-order valence-electron chi connectivity index (χ0n) is 30.0. The van der Waals surface area contributed by atoms with Crippen molar-refractivity contribution >= 4 is 48.7 Å². The fourth-order valence-electron chi connectivity index (χ4n) is 3.89. The normalized spacial score (nSPS) is 14.9. The Balaban J connectivity index is 3.44. The molecule has 0 amide bonds. The van der Waals surface area contributed by atoms with E-state index in [0.29, 0.717) is 58.1 Å². The van der Waals surface area contributed by atoms with Crippen molar-refractivity contribution in [2.24, 2.45) is 0 Å². The Bertz CT molecular complexity index is 947. The number of ketones is 1. The fourth-order valence-corrected chi connectivity index (χ4v) is 8.16. The Morgan fingerprint density at radius 3 is 1.60 bits per heavy atom. The zero-order chi connectivity index (χ0) is 36.4. The monoisotopic (exact) mass is 767 g/mol. The number of carbonyl (C=O) groups is 1. The van der Waals surface area contributed by atoms with Gasteiger partial charge in [-0.3, -0.25) is 22.9 Å². The quantitative estimate of drug-likeness (QED) is 0.0252. The molecule has 0 rings (SSSR count). The van der Waals surface area contributed by atoms with Gasteiger partial charge in [-0.2, -0.15) is 0 Å². The topological polar surface area (TPSA) is 180 Å². The highest BCUT2D eigenvalue weighted by atomic mass is 33.1. The second-order valence-corrected chi connectivity index (χ2v) is 18.6. The van der Waals surface area contributed by atoms with Crippen molar-refractivity contribution in [3.8, 4) is 0 Å². The predicted molar refractivity (Wildman–Crippen MR) is 194 cm³/mol. The molecule has 0 aromatic rings. The minimum atomic E-state index is -4.09. The van der Waals surface area contributed by atoms with Crippen LogP contribution in [0.3, 0.4) is 0 Å². The molecular formula is C31H63NO12P2S2. The Labute approximate surface area is 297 Å². The summed E-state index contributed by atoms with van der Waals surface area (Å²) >= 11 is 0. The van der Waals surface area contributed by atoms with Crippen molar-refractivity contribution in [3.05, 3.63) is 0 Å². The zero-order valence-corrected chi connectivity index (χ0v) is 33.5. The number of Topliss-reactive ketones (excluding diaryl/α,β-unsaturated/α-hetero) is 1. The van der Waals surface area contributed by atoms with E-state index in [0.717, 1.165) is 68.6 Å². The van der Waals surface area contributed by atoms with Gasteiger partial charge >= 0.3 is 15.6 Å². The predicted octanol–water partition coefficient (Wildman–Crippen LogP) is 8.16. The second-order valence-electron chi connectivity index (χ2n) is 13.1. The maximum atomic E-state index is 12.1. The van der Waals surface area contributed by atoms with Crippen LogP contribution in [0.2, 0.25) is 0 Å². The van der Waals surface area contributed by atoms with Crippen LogP contribution in [0.5, 0.6) is 0 Å². The van der Waals surface area contributed by atoms with Crippen LogP contribution in [0.25, 0.3) is 0 Å². The number of hydrogen-bond donors (Lipinski definition) is 3. The molecule has 3 N–H and O–H groups in total. The summed E-state index contributed by atoms with van der Waals surface area (Å²) in [6.07, 6.45) is 8.76. The molecule has 17 heteroatoms.